The molecule has 0 heterocycles. The summed E-state index contributed by atoms with van der Waals surface area (Å²) >= 11 is 0. The van der Waals surface area contributed by atoms with E-state index in [1.54, 1.807) is 14.2 Å². The zero-order valence-corrected chi connectivity index (χ0v) is 17.4. The van der Waals surface area contributed by atoms with Gasteiger partial charge in [0.25, 0.3) is 0 Å². The molecule has 0 bridgehead atoms. The highest BCUT2D eigenvalue weighted by Gasteiger charge is 2.26. The number of hydrogen-bond donors (Lipinski definition) is 2. The van der Waals surface area contributed by atoms with Crippen LogP contribution in [0, 0.1) is 11.3 Å². The lowest BCUT2D eigenvalue weighted by atomic mass is 9.73. The average Bonchev–Trinajstić information content (AvgIpc) is 2.53. The molecule has 1 fully saturated rings. The molecule has 6 heteroatoms. The van der Waals surface area contributed by atoms with Gasteiger partial charge in [-0.3, -0.25) is 4.99 Å². The number of methoxy groups -OCH3 is 2. The smallest absolute Gasteiger partial charge is 0.193 e. The van der Waals surface area contributed by atoms with Gasteiger partial charge < -0.3 is 20.5 Å². The molecule has 0 unspecified atom stereocenters. The van der Waals surface area contributed by atoms with Gasteiger partial charge in [0.05, 0.1) is 14.2 Å². The second-order valence-corrected chi connectivity index (χ2v) is 7.03. The second kappa shape index (κ2) is 9.34. The number of benzene rings is 1. The van der Waals surface area contributed by atoms with E-state index in [1.165, 1.54) is 25.7 Å². The molecule has 24 heavy (non-hydrogen) atoms. The predicted molar refractivity (Wildman–Crippen MR) is 111 cm³/mol. The van der Waals surface area contributed by atoms with Crippen molar-refractivity contribution in [3.8, 4) is 11.5 Å². The molecule has 1 aromatic carbocycles. The van der Waals surface area contributed by atoms with Crippen LogP contribution in [0.3, 0.4) is 0 Å². The molecular formula is C18H30IN3O2. The molecule has 0 spiro atoms. The Balaban J connectivity index is 0.00000288. The highest BCUT2D eigenvalue weighted by Crippen LogP contribution is 2.38. The quantitative estimate of drug-likeness (QED) is 0.402. The molecule has 1 aromatic rings. The van der Waals surface area contributed by atoms with Crippen molar-refractivity contribution in [3.63, 3.8) is 0 Å². The van der Waals surface area contributed by atoms with Gasteiger partial charge in [-0.25, -0.2) is 0 Å². The lowest BCUT2D eigenvalue weighted by Crippen LogP contribution is -2.26. The van der Waals surface area contributed by atoms with Crippen LogP contribution in [0.5, 0.6) is 11.5 Å². The minimum atomic E-state index is 0. The summed E-state index contributed by atoms with van der Waals surface area (Å²) in [4.78, 5) is 4.50. The Morgan fingerprint density at radius 2 is 1.83 bits per heavy atom. The molecule has 0 aliphatic heterocycles. The lowest BCUT2D eigenvalue weighted by molar-refractivity contribution is 0.195. The Bertz CT molecular complexity index is 551. The molecule has 0 atom stereocenters. The standard InChI is InChI=1S/C18H29N3O2.HI/c1-18(2)9-7-13(8-10-18)12-20-17(19)21-14-5-6-15(22-3)16(11-14)23-4;/h5-6,11,13H,7-10,12H2,1-4H3,(H3,19,20,21);1H. The third-order valence-corrected chi connectivity index (χ3v) is 4.63. The Kier molecular flexibility index (Phi) is 8.12. The number of anilines is 1. The van der Waals surface area contributed by atoms with Crippen LogP contribution in [0.2, 0.25) is 0 Å². The first-order valence-corrected chi connectivity index (χ1v) is 8.22. The van der Waals surface area contributed by atoms with Gasteiger partial charge in [-0.1, -0.05) is 13.8 Å². The number of halogens is 1. The summed E-state index contributed by atoms with van der Waals surface area (Å²) in [5.41, 5.74) is 7.34. The summed E-state index contributed by atoms with van der Waals surface area (Å²) in [5.74, 6) is 2.45. The number of aliphatic imine (C=N–C) groups is 1. The van der Waals surface area contributed by atoms with Crippen molar-refractivity contribution in [2.24, 2.45) is 22.1 Å². The molecule has 1 aliphatic carbocycles. The second-order valence-electron chi connectivity index (χ2n) is 7.03. The third kappa shape index (κ3) is 6.03. The monoisotopic (exact) mass is 447 g/mol. The molecule has 1 saturated carbocycles. The van der Waals surface area contributed by atoms with E-state index in [0.29, 0.717) is 28.8 Å². The van der Waals surface area contributed by atoms with Gasteiger partial charge in [-0.05, 0) is 49.1 Å². The molecular weight excluding hydrogens is 417 g/mol. The fraction of sp³-hybridized carbons (Fsp3) is 0.611. The summed E-state index contributed by atoms with van der Waals surface area (Å²) in [6.45, 7) is 5.49. The summed E-state index contributed by atoms with van der Waals surface area (Å²) in [6, 6.07) is 5.59. The van der Waals surface area contributed by atoms with Gasteiger partial charge in [0.15, 0.2) is 17.5 Å². The normalized spacial score (nSPS) is 17.8. The SMILES string of the molecule is COc1ccc(NC(N)=NCC2CCC(C)(C)CC2)cc1OC.I. The van der Waals surface area contributed by atoms with E-state index >= 15 is 0 Å². The van der Waals surface area contributed by atoms with Gasteiger partial charge >= 0.3 is 0 Å². The van der Waals surface area contributed by atoms with Crippen molar-refractivity contribution in [2.75, 3.05) is 26.1 Å². The van der Waals surface area contributed by atoms with E-state index in [2.05, 4.69) is 24.2 Å². The number of rotatable bonds is 5. The van der Waals surface area contributed by atoms with Crippen LogP contribution in [0.1, 0.15) is 39.5 Å². The maximum absolute atomic E-state index is 6.01. The van der Waals surface area contributed by atoms with Gasteiger partial charge in [0.1, 0.15) is 0 Å². The van der Waals surface area contributed by atoms with Crippen LogP contribution >= 0.6 is 24.0 Å². The van der Waals surface area contributed by atoms with E-state index in [4.69, 9.17) is 15.2 Å². The van der Waals surface area contributed by atoms with Crippen LogP contribution in [-0.4, -0.2) is 26.7 Å². The largest absolute Gasteiger partial charge is 0.493 e. The van der Waals surface area contributed by atoms with Gasteiger partial charge in [0.2, 0.25) is 0 Å². The van der Waals surface area contributed by atoms with E-state index in [0.717, 1.165) is 12.2 Å². The number of guanidine groups is 1. The number of hydrogen-bond acceptors (Lipinski definition) is 3. The van der Waals surface area contributed by atoms with Gasteiger partial charge in [-0.2, -0.15) is 0 Å². The first-order chi connectivity index (χ1) is 10.9. The third-order valence-electron chi connectivity index (χ3n) is 4.63. The summed E-state index contributed by atoms with van der Waals surface area (Å²) in [6.07, 6.45) is 5.02. The highest BCUT2D eigenvalue weighted by molar-refractivity contribution is 14.0. The summed E-state index contributed by atoms with van der Waals surface area (Å²) < 4.78 is 10.5. The summed E-state index contributed by atoms with van der Waals surface area (Å²) in [7, 11) is 3.23. The first-order valence-electron chi connectivity index (χ1n) is 8.22. The van der Waals surface area contributed by atoms with Gasteiger partial charge in [0, 0.05) is 18.3 Å². The average molecular weight is 447 g/mol. The van der Waals surface area contributed by atoms with Crippen molar-refractivity contribution < 1.29 is 9.47 Å². The molecule has 0 saturated heterocycles. The topological polar surface area (TPSA) is 68.9 Å². The molecule has 0 radical (unpaired) electrons. The predicted octanol–water partition coefficient (Wildman–Crippen LogP) is 4.26. The van der Waals surface area contributed by atoms with Crippen LogP contribution in [0.15, 0.2) is 23.2 Å². The number of nitrogens with one attached hydrogen (secondary N) is 1. The lowest BCUT2D eigenvalue weighted by Gasteiger charge is -2.33. The van der Waals surface area contributed by atoms with E-state index in [-0.39, 0.29) is 24.0 Å². The summed E-state index contributed by atoms with van der Waals surface area (Å²) in [5, 5.41) is 3.12. The van der Waals surface area contributed by atoms with E-state index in [1.807, 2.05) is 18.2 Å². The zero-order valence-electron chi connectivity index (χ0n) is 15.1. The Labute approximate surface area is 162 Å². The van der Waals surface area contributed by atoms with Crippen LogP contribution in [0.4, 0.5) is 5.69 Å². The van der Waals surface area contributed by atoms with Crippen LogP contribution in [0.25, 0.3) is 0 Å². The Morgan fingerprint density at radius 3 is 2.42 bits per heavy atom. The highest BCUT2D eigenvalue weighted by atomic mass is 127. The maximum atomic E-state index is 6.01. The number of nitrogens with zero attached hydrogens (tertiary/aromatic N) is 1. The Morgan fingerprint density at radius 1 is 1.21 bits per heavy atom. The molecule has 136 valence electrons. The molecule has 1 aliphatic rings. The van der Waals surface area contributed by atoms with Crippen molar-refractivity contribution in [1.82, 2.24) is 0 Å². The Hall–Kier alpha value is -1.18. The molecule has 2 rings (SSSR count). The van der Waals surface area contributed by atoms with E-state index in [9.17, 15) is 0 Å². The molecule has 5 nitrogen and oxygen atoms in total. The number of ether oxygens (including phenoxy) is 2. The maximum Gasteiger partial charge on any atom is 0.193 e. The zero-order chi connectivity index (χ0) is 16.9. The van der Waals surface area contributed by atoms with Crippen molar-refractivity contribution in [3.05, 3.63) is 18.2 Å². The molecule has 0 aromatic heterocycles. The minimum Gasteiger partial charge on any atom is -0.493 e. The van der Waals surface area contributed by atoms with Crippen LogP contribution in [-0.2, 0) is 0 Å². The minimum absolute atomic E-state index is 0. The molecule has 3 N–H and O–H groups in total. The van der Waals surface area contributed by atoms with Crippen LogP contribution < -0.4 is 20.5 Å². The van der Waals surface area contributed by atoms with Crippen molar-refractivity contribution in [2.45, 2.75) is 39.5 Å². The fourth-order valence-electron chi connectivity index (χ4n) is 2.97. The van der Waals surface area contributed by atoms with Crippen molar-refractivity contribution >= 4 is 35.6 Å². The van der Waals surface area contributed by atoms with E-state index < -0.39 is 0 Å². The first kappa shape index (κ1) is 20.9. The van der Waals surface area contributed by atoms with Crippen molar-refractivity contribution in [1.29, 1.82) is 0 Å². The molecule has 0 amide bonds. The number of nitrogens with two attached hydrogens (primary N) is 1. The van der Waals surface area contributed by atoms with Gasteiger partial charge in [-0.15, -0.1) is 24.0 Å². The fourth-order valence-corrected chi connectivity index (χ4v) is 2.97.